The summed E-state index contributed by atoms with van der Waals surface area (Å²) in [6.45, 7) is 5.55. The average molecular weight is 375 g/mol. The van der Waals surface area contributed by atoms with Crippen LogP contribution in [-0.4, -0.2) is 32.6 Å². The van der Waals surface area contributed by atoms with E-state index in [-0.39, 0.29) is 5.91 Å². The van der Waals surface area contributed by atoms with Gasteiger partial charge in [0.25, 0.3) is 5.91 Å². The Labute approximate surface area is 165 Å². The van der Waals surface area contributed by atoms with Gasteiger partial charge in [0.15, 0.2) is 5.82 Å². The number of rotatable bonds is 5. The second-order valence-electron chi connectivity index (χ2n) is 7.37. The number of aryl methyl sites for hydroxylation is 2. The van der Waals surface area contributed by atoms with Crippen LogP contribution in [0.5, 0.6) is 0 Å². The van der Waals surface area contributed by atoms with Crippen LogP contribution in [0.15, 0.2) is 42.5 Å². The van der Waals surface area contributed by atoms with Crippen molar-refractivity contribution >= 4 is 17.3 Å². The first kappa shape index (κ1) is 18.2. The van der Waals surface area contributed by atoms with E-state index < -0.39 is 0 Å². The van der Waals surface area contributed by atoms with Crippen molar-refractivity contribution in [1.82, 2.24) is 19.7 Å². The van der Waals surface area contributed by atoms with Crippen LogP contribution in [0.2, 0.25) is 0 Å². The lowest BCUT2D eigenvalue weighted by molar-refractivity contribution is 0.0781. The van der Waals surface area contributed by atoms with Crippen molar-refractivity contribution < 1.29 is 4.79 Å². The van der Waals surface area contributed by atoms with Crippen LogP contribution >= 0.6 is 0 Å². The first-order chi connectivity index (χ1) is 13.5. The summed E-state index contributed by atoms with van der Waals surface area (Å²) in [7, 11) is 1.81. The molecule has 0 unspecified atom stereocenters. The zero-order valence-electron chi connectivity index (χ0n) is 16.6. The summed E-state index contributed by atoms with van der Waals surface area (Å²) >= 11 is 0. The van der Waals surface area contributed by atoms with E-state index in [0.717, 1.165) is 42.4 Å². The molecule has 0 spiro atoms. The quantitative estimate of drug-likeness (QED) is 0.736. The first-order valence-corrected chi connectivity index (χ1v) is 9.63. The molecule has 6 heteroatoms. The van der Waals surface area contributed by atoms with Crippen LogP contribution in [0, 0.1) is 13.8 Å². The predicted molar refractivity (Wildman–Crippen MR) is 110 cm³/mol. The van der Waals surface area contributed by atoms with E-state index in [4.69, 9.17) is 0 Å². The van der Waals surface area contributed by atoms with E-state index in [1.165, 1.54) is 11.1 Å². The average Bonchev–Trinajstić information content (AvgIpc) is 3.30. The largest absolute Gasteiger partial charge is 0.355 e. The highest BCUT2D eigenvalue weighted by atomic mass is 16.2. The van der Waals surface area contributed by atoms with Crippen LogP contribution in [-0.2, 0) is 19.5 Å². The number of carbonyl (C=O) groups excluding carboxylic acids is 1. The summed E-state index contributed by atoms with van der Waals surface area (Å²) in [5.41, 5.74) is 4.86. The second-order valence-corrected chi connectivity index (χ2v) is 7.37. The van der Waals surface area contributed by atoms with Crippen molar-refractivity contribution in [3.05, 3.63) is 70.8 Å². The highest BCUT2D eigenvalue weighted by Gasteiger charge is 2.22. The van der Waals surface area contributed by atoms with Crippen LogP contribution in [0.1, 0.15) is 39.6 Å². The van der Waals surface area contributed by atoms with Crippen LogP contribution in [0.25, 0.3) is 0 Å². The molecule has 1 amide bonds. The van der Waals surface area contributed by atoms with E-state index in [2.05, 4.69) is 40.0 Å². The van der Waals surface area contributed by atoms with Crippen molar-refractivity contribution in [2.45, 2.75) is 39.8 Å². The van der Waals surface area contributed by atoms with Crippen molar-refractivity contribution in [3.63, 3.8) is 0 Å². The summed E-state index contributed by atoms with van der Waals surface area (Å²) in [5, 5.41) is 11.9. The van der Waals surface area contributed by atoms with Gasteiger partial charge in [-0.15, -0.1) is 10.2 Å². The summed E-state index contributed by atoms with van der Waals surface area (Å²) in [6, 6.07) is 13.8. The molecular weight excluding hydrogens is 350 g/mol. The molecule has 1 aliphatic heterocycles. The number of hydrogen-bond donors (Lipinski definition) is 1. The molecule has 0 bridgehead atoms. The molecule has 6 nitrogen and oxygen atoms in total. The van der Waals surface area contributed by atoms with Gasteiger partial charge in [-0.05, 0) is 49.6 Å². The van der Waals surface area contributed by atoms with Gasteiger partial charge in [0.05, 0.1) is 17.8 Å². The smallest absolute Gasteiger partial charge is 0.256 e. The number of amides is 1. The fraction of sp³-hybridized carbons (Fsp3) is 0.318. The van der Waals surface area contributed by atoms with Gasteiger partial charge < -0.3 is 14.8 Å². The molecule has 2 heterocycles. The molecule has 2 aromatic carbocycles. The molecule has 4 rings (SSSR count). The molecule has 1 aliphatic rings. The lowest BCUT2D eigenvalue weighted by atomic mass is 10.1. The maximum absolute atomic E-state index is 13.2. The van der Waals surface area contributed by atoms with Gasteiger partial charge in [0.1, 0.15) is 5.82 Å². The maximum atomic E-state index is 13.2. The van der Waals surface area contributed by atoms with Gasteiger partial charge in [0, 0.05) is 25.7 Å². The highest BCUT2D eigenvalue weighted by molar-refractivity contribution is 6.00. The number of fused-ring (bicyclic) bond motifs is 1. The molecule has 3 aromatic rings. The van der Waals surface area contributed by atoms with Gasteiger partial charge in [-0.3, -0.25) is 4.79 Å². The molecule has 0 radical (unpaired) electrons. The van der Waals surface area contributed by atoms with Crippen molar-refractivity contribution in [3.8, 4) is 0 Å². The van der Waals surface area contributed by atoms with Crippen molar-refractivity contribution in [2.75, 3.05) is 12.4 Å². The zero-order chi connectivity index (χ0) is 19.7. The third-order valence-corrected chi connectivity index (χ3v) is 5.44. The number of nitrogens with one attached hydrogen (secondary N) is 1. The van der Waals surface area contributed by atoms with E-state index in [0.29, 0.717) is 12.1 Å². The minimum Gasteiger partial charge on any atom is -0.355 e. The van der Waals surface area contributed by atoms with Gasteiger partial charge >= 0.3 is 0 Å². The molecule has 0 atom stereocenters. The topological polar surface area (TPSA) is 63.1 Å². The van der Waals surface area contributed by atoms with Gasteiger partial charge in [-0.25, -0.2) is 0 Å². The molecule has 0 aliphatic carbocycles. The van der Waals surface area contributed by atoms with E-state index in [9.17, 15) is 4.79 Å². The van der Waals surface area contributed by atoms with Crippen molar-refractivity contribution in [1.29, 1.82) is 0 Å². The SMILES string of the molecule is Cc1cccc(Nc2ccccc2C(=O)N(C)Cc2nnc3n2CCC3)c1C. The minimum absolute atomic E-state index is 0.0382. The van der Waals surface area contributed by atoms with Gasteiger partial charge in [-0.2, -0.15) is 0 Å². The first-order valence-electron chi connectivity index (χ1n) is 9.63. The van der Waals surface area contributed by atoms with Gasteiger partial charge in [0.2, 0.25) is 0 Å². The number of para-hydroxylation sites is 1. The third-order valence-electron chi connectivity index (χ3n) is 5.44. The molecule has 0 fully saturated rings. The number of hydrogen-bond acceptors (Lipinski definition) is 4. The fourth-order valence-electron chi connectivity index (χ4n) is 3.63. The lowest BCUT2D eigenvalue weighted by Crippen LogP contribution is -2.28. The summed E-state index contributed by atoms with van der Waals surface area (Å²) in [4.78, 5) is 14.9. The lowest BCUT2D eigenvalue weighted by Gasteiger charge is -2.20. The standard InChI is InChI=1S/C22H25N5O/c1-15-8-6-11-18(16(15)2)23-19-10-5-4-9-17(19)22(28)26(3)14-21-25-24-20-12-7-13-27(20)21/h4-6,8-11,23H,7,12-14H2,1-3H3. The van der Waals surface area contributed by atoms with Gasteiger partial charge in [-0.1, -0.05) is 24.3 Å². The van der Waals surface area contributed by atoms with E-state index in [1.807, 2.05) is 43.4 Å². The maximum Gasteiger partial charge on any atom is 0.256 e. The summed E-state index contributed by atoms with van der Waals surface area (Å²) in [6.07, 6.45) is 2.06. The molecule has 0 saturated heterocycles. The van der Waals surface area contributed by atoms with E-state index >= 15 is 0 Å². The monoisotopic (exact) mass is 375 g/mol. The Balaban J connectivity index is 1.56. The zero-order valence-corrected chi connectivity index (χ0v) is 16.6. The Morgan fingerprint density at radius 3 is 2.75 bits per heavy atom. The number of anilines is 2. The fourth-order valence-corrected chi connectivity index (χ4v) is 3.63. The molecule has 1 aromatic heterocycles. The van der Waals surface area contributed by atoms with Crippen LogP contribution in [0.3, 0.4) is 0 Å². The number of nitrogens with zero attached hydrogens (tertiary/aromatic N) is 4. The Hall–Kier alpha value is -3.15. The Morgan fingerprint density at radius 2 is 1.89 bits per heavy atom. The number of benzene rings is 2. The molecule has 1 N–H and O–H groups in total. The Bertz CT molecular complexity index is 1020. The van der Waals surface area contributed by atoms with Crippen LogP contribution in [0.4, 0.5) is 11.4 Å². The molecule has 28 heavy (non-hydrogen) atoms. The molecule has 144 valence electrons. The van der Waals surface area contributed by atoms with Crippen molar-refractivity contribution in [2.24, 2.45) is 0 Å². The normalized spacial score (nSPS) is 12.7. The number of aromatic nitrogens is 3. The Kier molecular flexibility index (Phi) is 4.86. The minimum atomic E-state index is -0.0382. The summed E-state index contributed by atoms with van der Waals surface area (Å²) in [5.74, 6) is 1.83. The number of carbonyl (C=O) groups is 1. The van der Waals surface area contributed by atoms with E-state index in [1.54, 1.807) is 4.90 Å². The summed E-state index contributed by atoms with van der Waals surface area (Å²) < 4.78 is 2.13. The molecule has 0 saturated carbocycles. The predicted octanol–water partition coefficient (Wildman–Crippen LogP) is 3.86. The second kappa shape index (κ2) is 7.46. The molecular formula is C22H25N5O. The van der Waals surface area contributed by atoms with Crippen LogP contribution < -0.4 is 5.32 Å². The third kappa shape index (κ3) is 3.38. The highest BCUT2D eigenvalue weighted by Crippen LogP contribution is 2.26. The Morgan fingerprint density at radius 1 is 1.11 bits per heavy atom.